The number of fused-ring (bicyclic) bond motifs is 2. The number of carbonyl (C=O) groups excluding carboxylic acids is 1. The monoisotopic (exact) mass is 288 g/mol. The molecule has 0 bridgehead atoms. The van der Waals surface area contributed by atoms with Gasteiger partial charge in [0.05, 0.1) is 18.8 Å². The molecule has 0 radical (unpaired) electrons. The lowest BCUT2D eigenvalue weighted by molar-refractivity contribution is -0.133. The van der Waals surface area contributed by atoms with Crippen molar-refractivity contribution in [3.05, 3.63) is 49.5 Å². The van der Waals surface area contributed by atoms with Crippen molar-refractivity contribution < 1.29 is 9.53 Å². The second-order valence-electron chi connectivity index (χ2n) is 4.44. The maximum atomic E-state index is 12.4. The maximum absolute atomic E-state index is 12.4. The molecule has 20 heavy (non-hydrogen) atoms. The molecule has 102 valence electrons. The van der Waals surface area contributed by atoms with E-state index in [4.69, 9.17) is 0 Å². The SMILES string of the molecule is COC(=O)/C=c1/sc2n(c1=O)[C@H](C)c1ccccc1N=2. The molecule has 1 aromatic carbocycles. The number of esters is 1. The molecule has 0 saturated heterocycles. The Hall–Kier alpha value is -2.21. The topological polar surface area (TPSA) is 60.7 Å². The average Bonchev–Trinajstić information content (AvgIpc) is 2.75. The lowest BCUT2D eigenvalue weighted by Gasteiger charge is -2.18. The van der Waals surface area contributed by atoms with E-state index in [1.54, 1.807) is 4.57 Å². The van der Waals surface area contributed by atoms with Crippen LogP contribution in [0.1, 0.15) is 18.5 Å². The van der Waals surface area contributed by atoms with Crippen LogP contribution in [0.2, 0.25) is 0 Å². The van der Waals surface area contributed by atoms with Gasteiger partial charge >= 0.3 is 5.97 Å². The number of methoxy groups -OCH3 is 1. The standard InChI is InChI=1S/C14H12N2O3S/c1-8-9-5-3-4-6-10(9)15-14-16(8)13(18)11(20-14)7-12(17)19-2/h3-8H,1-2H3/b11-7+/t8-/m1/s1. The van der Waals surface area contributed by atoms with Crippen LogP contribution in [-0.2, 0) is 9.53 Å². The van der Waals surface area contributed by atoms with Crippen LogP contribution in [-0.4, -0.2) is 17.6 Å². The molecule has 1 aliphatic heterocycles. The number of carbonyl (C=O) groups is 1. The van der Waals surface area contributed by atoms with E-state index in [9.17, 15) is 9.59 Å². The van der Waals surface area contributed by atoms with Crippen molar-refractivity contribution in [3.63, 3.8) is 0 Å². The number of aromatic nitrogens is 1. The van der Waals surface area contributed by atoms with E-state index in [1.165, 1.54) is 24.5 Å². The van der Waals surface area contributed by atoms with Crippen molar-refractivity contribution in [2.45, 2.75) is 13.0 Å². The minimum atomic E-state index is -0.536. The number of rotatable bonds is 1. The summed E-state index contributed by atoms with van der Waals surface area (Å²) in [7, 11) is 1.28. The van der Waals surface area contributed by atoms with Gasteiger partial charge < -0.3 is 4.74 Å². The molecular formula is C14H12N2O3S. The second kappa shape index (κ2) is 4.72. The van der Waals surface area contributed by atoms with E-state index in [1.807, 2.05) is 31.2 Å². The molecule has 6 heteroatoms. The molecule has 0 N–H and O–H groups in total. The van der Waals surface area contributed by atoms with Gasteiger partial charge in [-0.05, 0) is 13.0 Å². The highest BCUT2D eigenvalue weighted by Crippen LogP contribution is 2.28. The van der Waals surface area contributed by atoms with Crippen molar-refractivity contribution in [1.82, 2.24) is 4.57 Å². The molecule has 2 aromatic rings. The van der Waals surface area contributed by atoms with Gasteiger partial charge in [-0.1, -0.05) is 29.5 Å². The predicted octanol–water partition coefficient (Wildman–Crippen LogP) is 0.737. The normalized spacial score (nSPS) is 17.1. The molecule has 0 saturated carbocycles. The molecule has 0 aliphatic carbocycles. The van der Waals surface area contributed by atoms with Crippen LogP contribution in [0.4, 0.5) is 5.69 Å². The first-order valence-corrected chi connectivity index (χ1v) is 6.92. The summed E-state index contributed by atoms with van der Waals surface area (Å²) in [5.74, 6) is -0.536. The quantitative estimate of drug-likeness (QED) is 0.727. The summed E-state index contributed by atoms with van der Waals surface area (Å²) in [4.78, 5) is 28.7. The Morgan fingerprint density at radius 3 is 2.95 bits per heavy atom. The summed E-state index contributed by atoms with van der Waals surface area (Å²) in [5, 5.41) is 0. The Kier molecular flexibility index (Phi) is 3.02. The average molecular weight is 288 g/mol. The fourth-order valence-corrected chi connectivity index (χ4v) is 3.28. The van der Waals surface area contributed by atoms with Crippen LogP contribution < -0.4 is 14.9 Å². The van der Waals surface area contributed by atoms with Crippen LogP contribution in [0.15, 0.2) is 34.1 Å². The Morgan fingerprint density at radius 1 is 1.45 bits per heavy atom. The van der Waals surface area contributed by atoms with Crippen molar-refractivity contribution in [2.24, 2.45) is 4.99 Å². The van der Waals surface area contributed by atoms with Gasteiger partial charge in [-0.25, -0.2) is 9.79 Å². The first-order chi connectivity index (χ1) is 9.61. The first kappa shape index (κ1) is 12.8. The summed E-state index contributed by atoms with van der Waals surface area (Å²) >= 11 is 1.20. The van der Waals surface area contributed by atoms with Gasteiger partial charge in [0.25, 0.3) is 5.56 Å². The number of para-hydroxylation sites is 1. The molecule has 2 heterocycles. The number of nitrogens with zero attached hydrogens (tertiary/aromatic N) is 2. The minimum absolute atomic E-state index is 0.0951. The fourth-order valence-electron chi connectivity index (χ4n) is 2.26. The maximum Gasteiger partial charge on any atom is 0.332 e. The third kappa shape index (κ3) is 1.89. The minimum Gasteiger partial charge on any atom is -0.466 e. The van der Waals surface area contributed by atoms with Crippen LogP contribution in [0, 0.1) is 0 Å². The second-order valence-corrected chi connectivity index (χ2v) is 5.45. The fraction of sp³-hybridized carbons (Fsp3) is 0.214. The van der Waals surface area contributed by atoms with Gasteiger partial charge in [-0.2, -0.15) is 0 Å². The zero-order valence-electron chi connectivity index (χ0n) is 11.0. The third-order valence-electron chi connectivity index (χ3n) is 3.28. The molecule has 0 fully saturated rings. The molecular weight excluding hydrogens is 276 g/mol. The van der Waals surface area contributed by atoms with Crippen molar-refractivity contribution in [1.29, 1.82) is 0 Å². The van der Waals surface area contributed by atoms with Crippen molar-refractivity contribution in [2.75, 3.05) is 7.11 Å². The summed E-state index contributed by atoms with van der Waals surface area (Å²) in [6.07, 6.45) is 1.21. The predicted molar refractivity (Wildman–Crippen MR) is 75.8 cm³/mol. The third-order valence-corrected chi connectivity index (χ3v) is 4.26. The number of benzene rings is 1. The largest absolute Gasteiger partial charge is 0.466 e. The Labute approximate surface area is 118 Å². The zero-order valence-corrected chi connectivity index (χ0v) is 11.8. The highest BCUT2D eigenvalue weighted by Gasteiger charge is 2.21. The highest BCUT2D eigenvalue weighted by atomic mass is 32.1. The van der Waals surface area contributed by atoms with Gasteiger partial charge in [0.15, 0.2) is 4.80 Å². The van der Waals surface area contributed by atoms with Crippen LogP contribution in [0.5, 0.6) is 0 Å². The van der Waals surface area contributed by atoms with E-state index in [2.05, 4.69) is 9.73 Å². The van der Waals surface area contributed by atoms with Gasteiger partial charge in [0.1, 0.15) is 4.53 Å². The van der Waals surface area contributed by atoms with Gasteiger partial charge in [-0.15, -0.1) is 0 Å². The molecule has 0 unspecified atom stereocenters. The van der Waals surface area contributed by atoms with Crippen LogP contribution >= 0.6 is 11.3 Å². The Balaban J connectivity index is 2.29. The summed E-state index contributed by atoms with van der Waals surface area (Å²) in [6, 6.07) is 7.62. The molecule has 0 spiro atoms. The van der Waals surface area contributed by atoms with E-state index in [0.29, 0.717) is 9.33 Å². The smallest absolute Gasteiger partial charge is 0.332 e. The summed E-state index contributed by atoms with van der Waals surface area (Å²) < 4.78 is 6.52. The highest BCUT2D eigenvalue weighted by molar-refractivity contribution is 7.07. The van der Waals surface area contributed by atoms with Crippen molar-refractivity contribution >= 4 is 29.1 Å². The summed E-state index contributed by atoms with van der Waals surface area (Å²) in [6.45, 7) is 1.95. The Bertz CT molecular complexity index is 863. The van der Waals surface area contributed by atoms with Gasteiger partial charge in [0, 0.05) is 11.6 Å². The first-order valence-electron chi connectivity index (χ1n) is 6.10. The lowest BCUT2D eigenvalue weighted by Crippen LogP contribution is -2.35. The number of hydrogen-bond donors (Lipinski definition) is 0. The molecule has 5 nitrogen and oxygen atoms in total. The molecule has 1 aliphatic rings. The van der Waals surface area contributed by atoms with Crippen LogP contribution in [0.3, 0.4) is 0 Å². The van der Waals surface area contributed by atoms with Gasteiger partial charge in [-0.3, -0.25) is 9.36 Å². The number of hydrogen-bond acceptors (Lipinski definition) is 5. The van der Waals surface area contributed by atoms with E-state index in [0.717, 1.165) is 11.3 Å². The van der Waals surface area contributed by atoms with Gasteiger partial charge in [0.2, 0.25) is 0 Å². The number of thiazole rings is 1. The zero-order chi connectivity index (χ0) is 14.3. The Morgan fingerprint density at radius 2 is 2.20 bits per heavy atom. The molecule has 1 aromatic heterocycles. The molecule has 3 rings (SSSR count). The summed E-state index contributed by atoms with van der Waals surface area (Å²) in [5.41, 5.74) is 1.66. The lowest BCUT2D eigenvalue weighted by atomic mass is 10.1. The van der Waals surface area contributed by atoms with E-state index >= 15 is 0 Å². The van der Waals surface area contributed by atoms with Crippen molar-refractivity contribution in [3.8, 4) is 0 Å². The number of ether oxygens (including phenoxy) is 1. The van der Waals surface area contributed by atoms with Crippen LogP contribution in [0.25, 0.3) is 6.08 Å². The van der Waals surface area contributed by atoms with E-state index < -0.39 is 5.97 Å². The van der Waals surface area contributed by atoms with E-state index in [-0.39, 0.29) is 11.6 Å². The molecule has 0 amide bonds. The molecule has 1 atom stereocenters.